The molecular formula is C12H13N3O4. The standard InChI is InChI=1S/C12H13N3O4/c16-10(6-11(17)18)13-4-3-7-1-2-8-9(5-7)15-12(19)14-8/h1-2,5H,3-4,6H2,(H,13,16)(H,17,18)(H2,14,15,19). The summed E-state index contributed by atoms with van der Waals surface area (Å²) in [6, 6.07) is 5.44. The van der Waals surface area contributed by atoms with E-state index in [-0.39, 0.29) is 5.69 Å². The first-order valence-corrected chi connectivity index (χ1v) is 5.74. The summed E-state index contributed by atoms with van der Waals surface area (Å²) in [4.78, 5) is 37.8. The molecular weight excluding hydrogens is 250 g/mol. The highest BCUT2D eigenvalue weighted by Gasteiger charge is 2.06. The highest BCUT2D eigenvalue weighted by Crippen LogP contribution is 2.10. The first-order chi connectivity index (χ1) is 9.04. The van der Waals surface area contributed by atoms with Gasteiger partial charge in [0.2, 0.25) is 5.91 Å². The van der Waals surface area contributed by atoms with Gasteiger partial charge in [-0.2, -0.15) is 0 Å². The smallest absolute Gasteiger partial charge is 0.323 e. The van der Waals surface area contributed by atoms with E-state index in [0.717, 1.165) is 11.1 Å². The lowest BCUT2D eigenvalue weighted by atomic mass is 10.1. The molecule has 4 N–H and O–H groups in total. The predicted molar refractivity (Wildman–Crippen MR) is 67.9 cm³/mol. The van der Waals surface area contributed by atoms with Gasteiger partial charge in [0.25, 0.3) is 0 Å². The number of imidazole rings is 1. The van der Waals surface area contributed by atoms with Crippen molar-refractivity contribution in [3.63, 3.8) is 0 Å². The number of rotatable bonds is 5. The molecule has 0 radical (unpaired) electrons. The summed E-state index contributed by atoms with van der Waals surface area (Å²) in [6.45, 7) is 0.353. The Morgan fingerprint density at radius 2 is 1.95 bits per heavy atom. The molecule has 100 valence electrons. The fourth-order valence-electron chi connectivity index (χ4n) is 1.78. The number of fused-ring (bicyclic) bond motifs is 1. The maximum Gasteiger partial charge on any atom is 0.323 e. The zero-order chi connectivity index (χ0) is 13.8. The molecule has 1 heterocycles. The molecule has 0 spiro atoms. The summed E-state index contributed by atoms with van der Waals surface area (Å²) in [6.07, 6.45) is 0.0404. The van der Waals surface area contributed by atoms with E-state index in [4.69, 9.17) is 5.11 Å². The van der Waals surface area contributed by atoms with Gasteiger partial charge in [0.1, 0.15) is 6.42 Å². The van der Waals surface area contributed by atoms with Gasteiger partial charge in [0.05, 0.1) is 11.0 Å². The molecule has 0 saturated heterocycles. The maximum absolute atomic E-state index is 11.1. The summed E-state index contributed by atoms with van der Waals surface area (Å²) in [7, 11) is 0. The lowest BCUT2D eigenvalue weighted by molar-refractivity contribution is -0.140. The zero-order valence-electron chi connectivity index (χ0n) is 10.0. The van der Waals surface area contributed by atoms with Gasteiger partial charge in [-0.25, -0.2) is 4.79 Å². The lowest BCUT2D eigenvalue weighted by Crippen LogP contribution is -2.27. The van der Waals surface area contributed by atoms with Crippen LogP contribution in [0.3, 0.4) is 0 Å². The third-order valence-corrected chi connectivity index (χ3v) is 2.63. The zero-order valence-corrected chi connectivity index (χ0v) is 10.0. The minimum absolute atomic E-state index is 0.262. The number of carbonyl (C=O) groups excluding carboxylic acids is 1. The molecule has 0 atom stereocenters. The van der Waals surface area contributed by atoms with Gasteiger partial charge < -0.3 is 20.4 Å². The largest absolute Gasteiger partial charge is 0.481 e. The number of carboxylic acids is 1. The number of hydrogen-bond acceptors (Lipinski definition) is 3. The molecule has 0 aliphatic carbocycles. The van der Waals surface area contributed by atoms with Gasteiger partial charge >= 0.3 is 11.7 Å². The molecule has 0 fully saturated rings. The van der Waals surface area contributed by atoms with Crippen LogP contribution in [0.15, 0.2) is 23.0 Å². The molecule has 0 aliphatic rings. The Morgan fingerprint density at radius 1 is 1.21 bits per heavy atom. The van der Waals surface area contributed by atoms with E-state index >= 15 is 0 Å². The Kier molecular flexibility index (Phi) is 3.65. The van der Waals surface area contributed by atoms with E-state index in [2.05, 4.69) is 15.3 Å². The number of aliphatic carboxylic acids is 1. The topological polar surface area (TPSA) is 115 Å². The van der Waals surface area contributed by atoms with Crippen LogP contribution in [0.2, 0.25) is 0 Å². The quantitative estimate of drug-likeness (QED) is 0.568. The van der Waals surface area contributed by atoms with Crippen molar-refractivity contribution in [2.24, 2.45) is 0 Å². The van der Waals surface area contributed by atoms with Crippen LogP contribution < -0.4 is 11.0 Å². The van der Waals surface area contributed by atoms with Crippen LogP contribution in [0.5, 0.6) is 0 Å². The highest BCUT2D eigenvalue weighted by atomic mass is 16.4. The third kappa shape index (κ3) is 3.44. The first kappa shape index (κ1) is 12.9. The van der Waals surface area contributed by atoms with Gasteiger partial charge in [-0.3, -0.25) is 9.59 Å². The molecule has 0 bridgehead atoms. The van der Waals surface area contributed by atoms with Gasteiger partial charge in [-0.1, -0.05) is 6.07 Å². The van der Waals surface area contributed by atoms with Crippen LogP contribution in [0.1, 0.15) is 12.0 Å². The summed E-state index contributed by atoms with van der Waals surface area (Å²) < 4.78 is 0. The number of carbonyl (C=O) groups is 2. The molecule has 19 heavy (non-hydrogen) atoms. The molecule has 2 aromatic rings. The van der Waals surface area contributed by atoms with E-state index in [1.54, 1.807) is 6.07 Å². The van der Waals surface area contributed by atoms with Crippen molar-refractivity contribution in [2.45, 2.75) is 12.8 Å². The molecule has 0 aliphatic heterocycles. The van der Waals surface area contributed by atoms with Crippen LogP contribution in [0.25, 0.3) is 11.0 Å². The van der Waals surface area contributed by atoms with Crippen molar-refractivity contribution in [3.05, 3.63) is 34.2 Å². The van der Waals surface area contributed by atoms with Gasteiger partial charge in [-0.05, 0) is 24.1 Å². The van der Waals surface area contributed by atoms with Crippen molar-refractivity contribution >= 4 is 22.9 Å². The molecule has 1 aromatic heterocycles. The van der Waals surface area contributed by atoms with Crippen molar-refractivity contribution < 1.29 is 14.7 Å². The third-order valence-electron chi connectivity index (χ3n) is 2.63. The van der Waals surface area contributed by atoms with Crippen LogP contribution >= 0.6 is 0 Å². The normalized spacial score (nSPS) is 10.5. The average molecular weight is 263 g/mol. The number of H-pyrrole nitrogens is 2. The summed E-state index contributed by atoms with van der Waals surface area (Å²) >= 11 is 0. The van der Waals surface area contributed by atoms with E-state index in [9.17, 15) is 14.4 Å². The van der Waals surface area contributed by atoms with Crippen molar-refractivity contribution in [3.8, 4) is 0 Å². The number of amides is 1. The first-order valence-electron chi connectivity index (χ1n) is 5.74. The van der Waals surface area contributed by atoms with Gasteiger partial charge in [0.15, 0.2) is 0 Å². The van der Waals surface area contributed by atoms with Crippen molar-refractivity contribution in [1.82, 2.24) is 15.3 Å². The summed E-state index contributed by atoms with van der Waals surface area (Å²) in [5.41, 5.74) is 2.11. The summed E-state index contributed by atoms with van der Waals surface area (Å²) in [5.74, 6) is -1.66. The fraction of sp³-hybridized carbons (Fsp3) is 0.250. The van der Waals surface area contributed by atoms with Crippen LogP contribution in [-0.2, 0) is 16.0 Å². The molecule has 0 saturated carbocycles. The minimum atomic E-state index is -1.15. The van der Waals surface area contributed by atoms with E-state index in [1.165, 1.54) is 0 Å². The Morgan fingerprint density at radius 3 is 2.68 bits per heavy atom. The average Bonchev–Trinajstić information content (AvgIpc) is 2.67. The summed E-state index contributed by atoms with van der Waals surface area (Å²) in [5, 5.41) is 10.9. The number of benzene rings is 1. The Balaban J connectivity index is 1.92. The van der Waals surface area contributed by atoms with Crippen LogP contribution in [0, 0.1) is 0 Å². The van der Waals surface area contributed by atoms with Crippen LogP contribution in [-0.4, -0.2) is 33.5 Å². The fourth-order valence-corrected chi connectivity index (χ4v) is 1.78. The number of aromatic nitrogens is 2. The molecule has 2 rings (SSSR count). The Hall–Kier alpha value is -2.57. The monoisotopic (exact) mass is 263 g/mol. The minimum Gasteiger partial charge on any atom is -0.481 e. The number of carboxylic acid groups (broad SMARTS) is 1. The number of nitrogens with one attached hydrogen (secondary N) is 3. The van der Waals surface area contributed by atoms with E-state index in [1.807, 2.05) is 12.1 Å². The SMILES string of the molecule is O=C(O)CC(=O)NCCc1ccc2[nH]c(=O)[nH]c2c1. The van der Waals surface area contributed by atoms with E-state index in [0.29, 0.717) is 18.5 Å². The molecule has 7 heteroatoms. The number of aromatic amines is 2. The van der Waals surface area contributed by atoms with Gasteiger partial charge in [-0.15, -0.1) is 0 Å². The second-order valence-corrected chi connectivity index (χ2v) is 4.13. The molecule has 1 amide bonds. The van der Waals surface area contributed by atoms with Crippen LogP contribution in [0.4, 0.5) is 0 Å². The van der Waals surface area contributed by atoms with Crippen molar-refractivity contribution in [2.75, 3.05) is 6.54 Å². The second kappa shape index (κ2) is 5.38. The molecule has 0 unspecified atom stereocenters. The molecule has 1 aromatic carbocycles. The lowest BCUT2D eigenvalue weighted by Gasteiger charge is -2.03. The maximum atomic E-state index is 11.1. The Labute approximate surface area is 107 Å². The van der Waals surface area contributed by atoms with Gasteiger partial charge in [0, 0.05) is 6.54 Å². The second-order valence-electron chi connectivity index (χ2n) is 4.13. The predicted octanol–water partition coefficient (Wildman–Crippen LogP) is -0.0104. The van der Waals surface area contributed by atoms with Crippen molar-refractivity contribution in [1.29, 1.82) is 0 Å². The highest BCUT2D eigenvalue weighted by molar-refractivity contribution is 5.93. The molecule has 7 nitrogen and oxygen atoms in total. The van der Waals surface area contributed by atoms with E-state index < -0.39 is 18.3 Å². The number of hydrogen-bond donors (Lipinski definition) is 4. The Bertz CT molecular complexity index is 671.